The number of hydrogen-bond donors (Lipinski definition) is 0. The average molecular weight is 456 g/mol. The average Bonchev–Trinajstić information content (AvgIpc) is 3.16. The maximum absolute atomic E-state index is 13.2. The Hall–Kier alpha value is -4.26. The lowest BCUT2D eigenvalue weighted by molar-refractivity contribution is -0.384. The van der Waals surface area contributed by atoms with Crippen LogP contribution in [-0.4, -0.2) is 16.5 Å². The maximum atomic E-state index is 13.2. The van der Waals surface area contributed by atoms with Crippen LogP contribution in [0.5, 0.6) is 5.75 Å². The fourth-order valence-corrected chi connectivity index (χ4v) is 3.55. The fraction of sp³-hybridized carbons (Fsp3) is 0.185. The van der Waals surface area contributed by atoms with Crippen LogP contribution in [0.2, 0.25) is 0 Å². The lowest BCUT2D eigenvalue weighted by Crippen LogP contribution is -2.24. The number of anilines is 1. The van der Waals surface area contributed by atoms with Crippen LogP contribution in [-0.2, 0) is 11.4 Å². The Bertz CT molecular complexity index is 1260. The van der Waals surface area contributed by atoms with Gasteiger partial charge in [-0.2, -0.15) is 10.1 Å². The van der Waals surface area contributed by atoms with Gasteiger partial charge in [-0.3, -0.25) is 14.9 Å². The molecular weight excluding hydrogens is 430 g/mol. The normalized spacial score (nSPS) is 14.9. The van der Waals surface area contributed by atoms with Crippen LogP contribution in [0.25, 0.3) is 6.08 Å². The van der Waals surface area contributed by atoms with E-state index in [0.717, 1.165) is 22.5 Å². The lowest BCUT2D eigenvalue weighted by atomic mass is 9.85. The summed E-state index contributed by atoms with van der Waals surface area (Å²) in [5, 5.41) is 16.9. The van der Waals surface area contributed by atoms with Crippen molar-refractivity contribution in [2.45, 2.75) is 27.4 Å². The Balaban J connectivity index is 1.51. The number of benzene rings is 3. The minimum Gasteiger partial charge on any atom is -0.489 e. The molecule has 0 radical (unpaired) electrons. The standard InChI is InChI=1S/C27H25N3O4/c1-27(2,3)25-24(26(31)29(28-25)21-7-5-4-6-8-21)17-19-11-15-23(16-12-19)34-18-20-9-13-22(14-10-20)30(32)33/h4-17H,18H2,1-3H3/b24-17-. The number of rotatable bonds is 6. The summed E-state index contributed by atoms with van der Waals surface area (Å²) in [6.45, 7) is 6.41. The second kappa shape index (κ2) is 9.31. The van der Waals surface area contributed by atoms with E-state index in [4.69, 9.17) is 4.74 Å². The van der Waals surface area contributed by atoms with E-state index in [0.29, 0.717) is 17.9 Å². The molecule has 7 heteroatoms. The van der Waals surface area contributed by atoms with Crippen molar-refractivity contribution in [3.8, 4) is 5.75 Å². The summed E-state index contributed by atoms with van der Waals surface area (Å²) in [7, 11) is 0. The third-order valence-corrected chi connectivity index (χ3v) is 5.33. The molecule has 0 saturated heterocycles. The maximum Gasteiger partial charge on any atom is 0.280 e. The zero-order valence-corrected chi connectivity index (χ0v) is 19.3. The minimum absolute atomic E-state index is 0.0478. The Morgan fingerprint density at radius 1 is 0.971 bits per heavy atom. The second-order valence-corrected chi connectivity index (χ2v) is 8.99. The molecule has 0 unspecified atom stereocenters. The largest absolute Gasteiger partial charge is 0.489 e. The molecule has 1 aliphatic rings. The predicted octanol–water partition coefficient (Wildman–Crippen LogP) is 6.01. The molecular formula is C27H25N3O4. The summed E-state index contributed by atoms with van der Waals surface area (Å²) in [5.41, 5.74) is 3.46. The van der Waals surface area contributed by atoms with E-state index < -0.39 is 4.92 Å². The number of nitro benzene ring substituents is 1. The second-order valence-electron chi connectivity index (χ2n) is 8.99. The highest BCUT2D eigenvalue weighted by Gasteiger charge is 2.37. The number of amides is 1. The quantitative estimate of drug-likeness (QED) is 0.259. The molecule has 0 spiro atoms. The number of non-ortho nitro benzene ring substituents is 1. The molecule has 1 amide bonds. The number of ether oxygens (including phenoxy) is 1. The molecule has 34 heavy (non-hydrogen) atoms. The summed E-state index contributed by atoms with van der Waals surface area (Å²) in [6, 6.07) is 23.1. The van der Waals surface area contributed by atoms with Gasteiger partial charge in [0.1, 0.15) is 12.4 Å². The first-order chi connectivity index (χ1) is 16.2. The van der Waals surface area contributed by atoms with E-state index >= 15 is 0 Å². The molecule has 0 atom stereocenters. The van der Waals surface area contributed by atoms with Crippen molar-refractivity contribution in [2.75, 3.05) is 5.01 Å². The smallest absolute Gasteiger partial charge is 0.280 e. The van der Waals surface area contributed by atoms with E-state index in [-0.39, 0.29) is 17.0 Å². The molecule has 0 saturated carbocycles. The molecule has 0 N–H and O–H groups in total. The van der Waals surface area contributed by atoms with Gasteiger partial charge in [0.05, 0.1) is 21.9 Å². The van der Waals surface area contributed by atoms with Gasteiger partial charge in [-0.25, -0.2) is 0 Å². The van der Waals surface area contributed by atoms with E-state index in [1.807, 2.05) is 81.4 Å². The van der Waals surface area contributed by atoms with Gasteiger partial charge < -0.3 is 4.74 Å². The molecule has 0 aliphatic carbocycles. The number of hydrazone groups is 1. The van der Waals surface area contributed by atoms with Crippen LogP contribution in [0.4, 0.5) is 11.4 Å². The molecule has 0 aromatic heterocycles. The number of carbonyl (C=O) groups is 1. The highest BCUT2D eigenvalue weighted by atomic mass is 16.6. The van der Waals surface area contributed by atoms with E-state index in [9.17, 15) is 14.9 Å². The molecule has 4 rings (SSSR count). The molecule has 0 bridgehead atoms. The molecule has 1 heterocycles. The lowest BCUT2D eigenvalue weighted by Gasteiger charge is -2.18. The molecule has 172 valence electrons. The van der Waals surface area contributed by atoms with E-state index in [1.54, 1.807) is 12.1 Å². The molecule has 3 aromatic carbocycles. The summed E-state index contributed by atoms with van der Waals surface area (Å²) < 4.78 is 5.80. The number of hydrogen-bond acceptors (Lipinski definition) is 5. The van der Waals surface area contributed by atoms with Gasteiger partial charge >= 0.3 is 0 Å². The van der Waals surface area contributed by atoms with Crippen LogP contribution in [0.1, 0.15) is 31.9 Å². The summed E-state index contributed by atoms with van der Waals surface area (Å²) >= 11 is 0. The molecule has 1 aliphatic heterocycles. The fourth-order valence-electron chi connectivity index (χ4n) is 3.55. The van der Waals surface area contributed by atoms with Crippen LogP contribution < -0.4 is 9.75 Å². The van der Waals surface area contributed by atoms with Gasteiger partial charge in [-0.15, -0.1) is 0 Å². The third kappa shape index (κ3) is 5.04. The first-order valence-electron chi connectivity index (χ1n) is 10.9. The van der Waals surface area contributed by atoms with Crippen LogP contribution in [0.3, 0.4) is 0 Å². The monoisotopic (exact) mass is 455 g/mol. The van der Waals surface area contributed by atoms with Gasteiger partial charge in [0, 0.05) is 17.5 Å². The van der Waals surface area contributed by atoms with Gasteiger partial charge in [0.15, 0.2) is 0 Å². The number of carbonyl (C=O) groups excluding carboxylic acids is 1. The number of para-hydroxylation sites is 1. The Morgan fingerprint density at radius 3 is 2.21 bits per heavy atom. The third-order valence-electron chi connectivity index (χ3n) is 5.33. The van der Waals surface area contributed by atoms with Crippen molar-refractivity contribution in [2.24, 2.45) is 10.5 Å². The number of nitro groups is 1. The van der Waals surface area contributed by atoms with E-state index in [2.05, 4.69) is 5.10 Å². The zero-order chi connectivity index (χ0) is 24.3. The summed E-state index contributed by atoms with van der Waals surface area (Å²) in [5.74, 6) is 0.503. The van der Waals surface area contributed by atoms with Crippen LogP contribution in [0, 0.1) is 15.5 Å². The van der Waals surface area contributed by atoms with Crippen LogP contribution >= 0.6 is 0 Å². The first-order valence-corrected chi connectivity index (χ1v) is 10.9. The Labute approximate surface area is 198 Å². The highest BCUT2D eigenvalue weighted by molar-refractivity contribution is 6.34. The molecule has 3 aromatic rings. The van der Waals surface area contributed by atoms with Crippen molar-refractivity contribution in [3.63, 3.8) is 0 Å². The van der Waals surface area contributed by atoms with Crippen molar-refractivity contribution >= 4 is 29.1 Å². The highest BCUT2D eigenvalue weighted by Crippen LogP contribution is 2.32. The van der Waals surface area contributed by atoms with Gasteiger partial charge in [0.2, 0.25) is 0 Å². The van der Waals surface area contributed by atoms with Gasteiger partial charge in [0.25, 0.3) is 11.6 Å². The van der Waals surface area contributed by atoms with E-state index in [1.165, 1.54) is 17.1 Å². The Morgan fingerprint density at radius 2 is 1.62 bits per heavy atom. The topological polar surface area (TPSA) is 85.0 Å². The van der Waals surface area contributed by atoms with Crippen LogP contribution in [0.15, 0.2) is 89.5 Å². The first kappa shape index (κ1) is 22.9. The zero-order valence-electron chi connectivity index (χ0n) is 19.3. The van der Waals surface area contributed by atoms with Crippen molar-refractivity contribution in [1.82, 2.24) is 0 Å². The summed E-state index contributed by atoms with van der Waals surface area (Å²) in [6.07, 6.45) is 1.86. The molecule has 7 nitrogen and oxygen atoms in total. The van der Waals surface area contributed by atoms with Crippen molar-refractivity contribution in [3.05, 3.63) is 106 Å². The van der Waals surface area contributed by atoms with Crippen molar-refractivity contribution in [1.29, 1.82) is 0 Å². The minimum atomic E-state index is -0.429. The summed E-state index contributed by atoms with van der Waals surface area (Å²) in [4.78, 5) is 23.6. The number of nitrogens with zero attached hydrogens (tertiary/aromatic N) is 3. The Kier molecular flexibility index (Phi) is 6.27. The van der Waals surface area contributed by atoms with Crippen molar-refractivity contribution < 1.29 is 14.5 Å². The SMILES string of the molecule is CC(C)(C)C1=NN(c2ccccc2)C(=O)/C1=C\c1ccc(OCc2ccc([N+](=O)[O-])cc2)cc1. The van der Waals surface area contributed by atoms with Gasteiger partial charge in [-0.1, -0.05) is 51.1 Å². The van der Waals surface area contributed by atoms with Gasteiger partial charge in [-0.05, 0) is 53.6 Å². The predicted molar refractivity (Wildman–Crippen MR) is 133 cm³/mol. The molecule has 0 fully saturated rings.